The minimum absolute atomic E-state index is 0.370. The molecule has 0 aliphatic carbocycles. The highest BCUT2D eigenvalue weighted by atomic mass is 16.5. The summed E-state index contributed by atoms with van der Waals surface area (Å²) in [5, 5.41) is 0. The molecule has 0 bridgehead atoms. The highest BCUT2D eigenvalue weighted by molar-refractivity contribution is 5.90. The summed E-state index contributed by atoms with van der Waals surface area (Å²) >= 11 is 0. The quantitative estimate of drug-likeness (QED) is 0.322. The van der Waals surface area contributed by atoms with Crippen LogP contribution in [0.5, 0.6) is 11.5 Å². The van der Waals surface area contributed by atoms with Gasteiger partial charge in [-0.05, 0) is 47.5 Å². The summed E-state index contributed by atoms with van der Waals surface area (Å²) in [5.41, 5.74) is 4.53. The number of carbonyl (C=O) groups excluding carboxylic acids is 2. The van der Waals surface area contributed by atoms with E-state index >= 15 is 0 Å². The number of hydrogen-bond donors (Lipinski definition) is 0. The summed E-state index contributed by atoms with van der Waals surface area (Å²) in [6.45, 7) is 0. The fraction of sp³-hybridized carbons (Fsp3) is 0.143. The molecular formula is C28H26O6. The van der Waals surface area contributed by atoms with Gasteiger partial charge in [0.1, 0.15) is 11.5 Å². The Labute approximate surface area is 199 Å². The zero-order chi connectivity index (χ0) is 24.5. The molecule has 3 rings (SSSR count). The summed E-state index contributed by atoms with van der Waals surface area (Å²) in [5.74, 6) is 0.628. The number of esters is 2. The van der Waals surface area contributed by atoms with Gasteiger partial charge < -0.3 is 18.9 Å². The van der Waals surface area contributed by atoms with E-state index in [-0.39, 0.29) is 11.9 Å². The van der Waals surface area contributed by atoms with Gasteiger partial charge in [0.25, 0.3) is 0 Å². The standard InChI is InChI=1S/C28H26O6/c1-31-25-17-24(16-10-20-7-13-22(14-8-20)28(30)34-4)26(32-2)18-23(25)15-9-19-5-11-21(12-6-19)27(29)33-3/h5-18H,1-4H3. The van der Waals surface area contributed by atoms with Crippen molar-refractivity contribution in [3.05, 3.63) is 94.0 Å². The number of hydrogen-bond acceptors (Lipinski definition) is 6. The first-order valence-electron chi connectivity index (χ1n) is 10.5. The second kappa shape index (κ2) is 11.5. The number of methoxy groups -OCH3 is 4. The van der Waals surface area contributed by atoms with E-state index in [9.17, 15) is 9.59 Å². The van der Waals surface area contributed by atoms with E-state index in [4.69, 9.17) is 18.9 Å². The third-order valence-corrected chi connectivity index (χ3v) is 5.16. The molecule has 0 aromatic heterocycles. The maximum Gasteiger partial charge on any atom is 0.337 e. The second-order valence-electron chi connectivity index (χ2n) is 7.23. The van der Waals surface area contributed by atoms with Gasteiger partial charge in [-0.25, -0.2) is 9.59 Å². The average Bonchev–Trinajstić information content (AvgIpc) is 2.90. The summed E-state index contributed by atoms with van der Waals surface area (Å²) in [6, 6.07) is 18.0. The molecule has 0 N–H and O–H groups in total. The number of benzene rings is 3. The zero-order valence-corrected chi connectivity index (χ0v) is 19.5. The Bertz CT molecular complexity index is 1110. The van der Waals surface area contributed by atoms with E-state index in [2.05, 4.69) is 0 Å². The van der Waals surface area contributed by atoms with Gasteiger partial charge in [0.05, 0.1) is 39.6 Å². The van der Waals surface area contributed by atoms with Crippen molar-refractivity contribution in [3.8, 4) is 11.5 Å². The molecule has 3 aromatic rings. The number of carbonyl (C=O) groups is 2. The van der Waals surface area contributed by atoms with E-state index in [1.54, 1.807) is 38.5 Å². The molecule has 0 saturated heterocycles. The Balaban J connectivity index is 1.83. The van der Waals surface area contributed by atoms with E-state index in [1.807, 2.05) is 60.7 Å². The monoisotopic (exact) mass is 458 g/mol. The van der Waals surface area contributed by atoms with Crippen LogP contribution in [0.25, 0.3) is 24.3 Å². The van der Waals surface area contributed by atoms with Crippen LogP contribution in [0, 0.1) is 0 Å². The Morgan fingerprint density at radius 1 is 0.559 bits per heavy atom. The van der Waals surface area contributed by atoms with Gasteiger partial charge in [0.2, 0.25) is 0 Å². The van der Waals surface area contributed by atoms with Crippen molar-refractivity contribution < 1.29 is 28.5 Å². The van der Waals surface area contributed by atoms with E-state index in [0.29, 0.717) is 22.6 Å². The highest BCUT2D eigenvalue weighted by Crippen LogP contribution is 2.31. The molecule has 0 aliphatic heterocycles. The van der Waals surface area contributed by atoms with Crippen molar-refractivity contribution in [1.29, 1.82) is 0 Å². The van der Waals surface area contributed by atoms with Gasteiger partial charge in [-0.15, -0.1) is 0 Å². The van der Waals surface area contributed by atoms with E-state index < -0.39 is 0 Å². The van der Waals surface area contributed by atoms with Crippen LogP contribution in [0.15, 0.2) is 60.7 Å². The predicted octanol–water partition coefficient (Wildman–Crippen LogP) is 5.62. The Kier molecular flexibility index (Phi) is 8.24. The number of rotatable bonds is 8. The lowest BCUT2D eigenvalue weighted by molar-refractivity contribution is 0.0592. The van der Waals surface area contributed by atoms with E-state index in [1.165, 1.54) is 14.2 Å². The zero-order valence-electron chi connectivity index (χ0n) is 19.5. The Morgan fingerprint density at radius 2 is 0.912 bits per heavy atom. The molecule has 0 fully saturated rings. The minimum atomic E-state index is -0.370. The molecule has 0 aliphatic rings. The fourth-order valence-electron chi connectivity index (χ4n) is 3.27. The van der Waals surface area contributed by atoms with Gasteiger partial charge in [-0.1, -0.05) is 48.6 Å². The maximum absolute atomic E-state index is 11.6. The molecule has 0 atom stereocenters. The van der Waals surface area contributed by atoms with Gasteiger partial charge in [0.15, 0.2) is 0 Å². The lowest BCUT2D eigenvalue weighted by atomic mass is 10.0. The molecule has 0 saturated carbocycles. The van der Waals surface area contributed by atoms with Crippen LogP contribution >= 0.6 is 0 Å². The molecule has 6 heteroatoms. The van der Waals surface area contributed by atoms with Crippen molar-refractivity contribution in [2.24, 2.45) is 0 Å². The summed E-state index contributed by atoms with van der Waals surface area (Å²) in [7, 11) is 5.94. The molecule has 0 amide bonds. The van der Waals surface area contributed by atoms with Crippen LogP contribution in [0.3, 0.4) is 0 Å². The van der Waals surface area contributed by atoms with Crippen LogP contribution in [0.2, 0.25) is 0 Å². The first-order chi connectivity index (χ1) is 16.5. The van der Waals surface area contributed by atoms with Crippen LogP contribution in [0.1, 0.15) is 43.0 Å². The molecule has 0 spiro atoms. The summed E-state index contributed by atoms with van der Waals surface area (Å²) in [4.78, 5) is 23.2. The van der Waals surface area contributed by atoms with Crippen LogP contribution in [0.4, 0.5) is 0 Å². The predicted molar refractivity (Wildman–Crippen MR) is 133 cm³/mol. The molecule has 0 unspecified atom stereocenters. The van der Waals surface area contributed by atoms with Crippen LogP contribution in [-0.2, 0) is 9.47 Å². The number of ether oxygens (including phenoxy) is 4. The van der Waals surface area contributed by atoms with Crippen molar-refractivity contribution in [2.75, 3.05) is 28.4 Å². The van der Waals surface area contributed by atoms with Crippen molar-refractivity contribution in [2.45, 2.75) is 0 Å². The fourth-order valence-corrected chi connectivity index (χ4v) is 3.27. The Morgan fingerprint density at radius 3 is 1.21 bits per heavy atom. The normalized spacial score (nSPS) is 10.9. The smallest absolute Gasteiger partial charge is 0.337 e. The van der Waals surface area contributed by atoms with Gasteiger partial charge >= 0.3 is 11.9 Å². The molecule has 6 nitrogen and oxygen atoms in total. The van der Waals surface area contributed by atoms with Gasteiger partial charge in [0, 0.05) is 11.1 Å². The molecule has 0 heterocycles. The molecular weight excluding hydrogens is 432 g/mol. The van der Waals surface area contributed by atoms with E-state index in [0.717, 1.165) is 22.3 Å². The summed E-state index contributed by atoms with van der Waals surface area (Å²) < 4.78 is 20.6. The van der Waals surface area contributed by atoms with Crippen LogP contribution < -0.4 is 9.47 Å². The summed E-state index contributed by atoms with van der Waals surface area (Å²) in [6.07, 6.45) is 7.70. The third kappa shape index (κ3) is 5.92. The van der Waals surface area contributed by atoms with Crippen molar-refractivity contribution in [3.63, 3.8) is 0 Å². The largest absolute Gasteiger partial charge is 0.496 e. The lowest BCUT2D eigenvalue weighted by Gasteiger charge is -2.11. The third-order valence-electron chi connectivity index (χ3n) is 5.16. The lowest BCUT2D eigenvalue weighted by Crippen LogP contribution is -2.00. The minimum Gasteiger partial charge on any atom is -0.496 e. The second-order valence-corrected chi connectivity index (χ2v) is 7.23. The molecule has 34 heavy (non-hydrogen) atoms. The SMILES string of the molecule is COC(=O)c1ccc(C=Cc2cc(OC)c(C=Cc3ccc(C(=O)OC)cc3)cc2OC)cc1. The molecule has 0 radical (unpaired) electrons. The molecule has 3 aromatic carbocycles. The Hall–Kier alpha value is -4.32. The van der Waals surface area contributed by atoms with Crippen molar-refractivity contribution >= 4 is 36.2 Å². The highest BCUT2D eigenvalue weighted by Gasteiger charge is 2.09. The van der Waals surface area contributed by atoms with Gasteiger partial charge in [-0.3, -0.25) is 0 Å². The molecule has 174 valence electrons. The first kappa shape index (κ1) is 24.3. The van der Waals surface area contributed by atoms with Crippen LogP contribution in [-0.4, -0.2) is 40.4 Å². The van der Waals surface area contributed by atoms with Gasteiger partial charge in [-0.2, -0.15) is 0 Å². The first-order valence-corrected chi connectivity index (χ1v) is 10.5. The average molecular weight is 459 g/mol. The maximum atomic E-state index is 11.6. The topological polar surface area (TPSA) is 71.1 Å². The van der Waals surface area contributed by atoms with Crippen molar-refractivity contribution in [1.82, 2.24) is 0 Å².